The Hall–Kier alpha value is -0.350. The van der Waals surface area contributed by atoms with E-state index in [-0.39, 0.29) is 5.56 Å². The van der Waals surface area contributed by atoms with Gasteiger partial charge in [-0.3, -0.25) is 4.79 Å². The summed E-state index contributed by atoms with van der Waals surface area (Å²) in [6.07, 6.45) is 0. The predicted molar refractivity (Wildman–Crippen MR) is 73.7 cm³/mol. The second-order valence-electron chi connectivity index (χ2n) is 2.40. The zero-order chi connectivity index (χ0) is 12.6. The minimum Gasteiger partial charge on any atom is -0.316 e. The van der Waals surface area contributed by atoms with Gasteiger partial charge in [0.2, 0.25) is 0 Å². The fourth-order valence-electron chi connectivity index (χ4n) is 0.786. The monoisotopic (exact) mass is 247 g/mol. The van der Waals surface area contributed by atoms with Crippen LogP contribution in [0.15, 0.2) is 14.7 Å². The molecular weight excluding hydrogens is 226 g/mol. The Kier molecular flexibility index (Phi) is 10.1. The van der Waals surface area contributed by atoms with Gasteiger partial charge in [-0.15, -0.1) is 25.3 Å². The molecule has 0 aliphatic heterocycles. The van der Waals surface area contributed by atoms with Crippen molar-refractivity contribution in [2.75, 3.05) is 0 Å². The number of hydrogen-bond acceptors (Lipinski definition) is 3. The first-order valence-corrected chi connectivity index (χ1v) is 6.05. The van der Waals surface area contributed by atoms with Crippen LogP contribution in [0, 0.1) is 13.8 Å². The maximum Gasteiger partial charge on any atom is 0.262 e. The average molecular weight is 247 g/mol. The highest BCUT2D eigenvalue weighted by Crippen LogP contribution is 2.16. The lowest BCUT2D eigenvalue weighted by Gasteiger charge is -2.04. The van der Waals surface area contributed by atoms with Crippen molar-refractivity contribution < 1.29 is 0 Å². The summed E-state index contributed by atoms with van der Waals surface area (Å²) in [6.45, 7) is 11.7. The Bertz CT molecular complexity index is 345. The third-order valence-electron chi connectivity index (χ3n) is 1.72. The molecule has 0 aromatic carbocycles. The van der Waals surface area contributed by atoms with Crippen LogP contribution in [0.4, 0.5) is 0 Å². The minimum absolute atomic E-state index is 0.179. The highest BCUT2D eigenvalue weighted by atomic mass is 32.1. The molecule has 0 aliphatic carbocycles. The predicted octanol–water partition coefficient (Wildman–Crippen LogP) is 3.62. The molecule has 0 amide bonds. The Morgan fingerprint density at radius 3 is 1.73 bits per heavy atom. The summed E-state index contributed by atoms with van der Waals surface area (Å²) in [7, 11) is 0. The summed E-state index contributed by atoms with van der Waals surface area (Å²) in [4.78, 5) is 14.1. The summed E-state index contributed by atoms with van der Waals surface area (Å²) >= 11 is 8.15. The first kappa shape index (κ1) is 17.1. The summed E-state index contributed by atoms with van der Waals surface area (Å²) < 4.78 is 0. The molecule has 0 atom stereocenters. The normalized spacial score (nSPS) is 8.27. The van der Waals surface area contributed by atoms with Crippen LogP contribution in [0.3, 0.4) is 0 Å². The second-order valence-corrected chi connectivity index (χ2v) is 3.30. The van der Waals surface area contributed by atoms with Crippen molar-refractivity contribution in [1.29, 1.82) is 0 Å². The highest BCUT2D eigenvalue weighted by Gasteiger charge is 2.04. The summed E-state index contributed by atoms with van der Waals surface area (Å²) in [6, 6.07) is 0. The topological polar surface area (TPSA) is 32.9 Å². The number of hydrogen-bond donors (Lipinski definition) is 3. The van der Waals surface area contributed by atoms with E-state index in [2.05, 4.69) is 30.2 Å². The number of aromatic amines is 1. The SMILES string of the molecule is CC.CC.Cc1c(S)[nH]c(=O)c(S)c1C. The molecule has 1 heterocycles. The van der Waals surface area contributed by atoms with E-state index in [9.17, 15) is 4.79 Å². The Morgan fingerprint density at radius 2 is 1.33 bits per heavy atom. The molecule has 1 aromatic heterocycles. The number of nitrogens with one attached hydrogen (secondary N) is 1. The lowest BCUT2D eigenvalue weighted by Crippen LogP contribution is -2.10. The largest absolute Gasteiger partial charge is 0.316 e. The lowest BCUT2D eigenvalue weighted by molar-refractivity contribution is 0.962. The number of H-pyrrole nitrogens is 1. The first-order valence-electron chi connectivity index (χ1n) is 5.15. The van der Waals surface area contributed by atoms with E-state index < -0.39 is 0 Å². The van der Waals surface area contributed by atoms with E-state index in [0.29, 0.717) is 9.92 Å². The molecule has 1 rings (SSSR count). The van der Waals surface area contributed by atoms with Gasteiger partial charge < -0.3 is 4.98 Å². The number of aromatic nitrogens is 1. The molecule has 0 saturated heterocycles. The molecular formula is C11H21NOS2. The molecule has 0 saturated carbocycles. The summed E-state index contributed by atoms with van der Waals surface area (Å²) in [5.74, 6) is 0. The molecule has 0 spiro atoms. The van der Waals surface area contributed by atoms with Gasteiger partial charge in [-0.25, -0.2) is 0 Å². The molecule has 1 N–H and O–H groups in total. The van der Waals surface area contributed by atoms with Gasteiger partial charge in [-0.1, -0.05) is 27.7 Å². The third-order valence-corrected chi connectivity index (χ3v) is 2.71. The van der Waals surface area contributed by atoms with Crippen molar-refractivity contribution in [3.05, 3.63) is 21.5 Å². The van der Waals surface area contributed by atoms with Crippen LogP contribution in [0.1, 0.15) is 38.8 Å². The summed E-state index contributed by atoms with van der Waals surface area (Å²) in [5, 5.41) is 0.616. The van der Waals surface area contributed by atoms with Crippen LogP contribution in [0.25, 0.3) is 0 Å². The molecule has 0 radical (unpaired) electrons. The average Bonchev–Trinajstić information content (AvgIpc) is 2.29. The molecule has 0 bridgehead atoms. The molecule has 0 unspecified atom stereocenters. The molecule has 1 aromatic rings. The van der Waals surface area contributed by atoms with Crippen molar-refractivity contribution in [3.63, 3.8) is 0 Å². The second kappa shape index (κ2) is 8.92. The van der Waals surface area contributed by atoms with Crippen LogP contribution in [-0.2, 0) is 0 Å². The van der Waals surface area contributed by atoms with E-state index in [0.717, 1.165) is 11.1 Å². The maximum atomic E-state index is 11.0. The van der Waals surface area contributed by atoms with Crippen LogP contribution in [0.5, 0.6) is 0 Å². The van der Waals surface area contributed by atoms with Gasteiger partial charge in [-0.05, 0) is 25.0 Å². The molecule has 0 fully saturated rings. The van der Waals surface area contributed by atoms with Gasteiger partial charge in [0.15, 0.2) is 0 Å². The molecule has 2 nitrogen and oxygen atoms in total. The Morgan fingerprint density at radius 1 is 0.933 bits per heavy atom. The van der Waals surface area contributed by atoms with Gasteiger partial charge in [0.05, 0.1) is 9.92 Å². The van der Waals surface area contributed by atoms with Gasteiger partial charge in [0, 0.05) is 0 Å². The zero-order valence-corrected chi connectivity index (χ0v) is 12.1. The number of pyridine rings is 1. The van der Waals surface area contributed by atoms with Crippen LogP contribution >= 0.6 is 25.3 Å². The van der Waals surface area contributed by atoms with Crippen molar-refractivity contribution in [2.45, 2.75) is 51.5 Å². The first-order chi connectivity index (χ1) is 7.04. The van der Waals surface area contributed by atoms with E-state index in [1.54, 1.807) is 0 Å². The fraction of sp³-hybridized carbons (Fsp3) is 0.545. The van der Waals surface area contributed by atoms with Gasteiger partial charge in [-0.2, -0.15) is 0 Å². The van der Waals surface area contributed by atoms with Gasteiger partial charge in [0.1, 0.15) is 0 Å². The minimum atomic E-state index is -0.179. The smallest absolute Gasteiger partial charge is 0.262 e. The van der Waals surface area contributed by atoms with Crippen LogP contribution in [0.2, 0.25) is 0 Å². The quantitative estimate of drug-likeness (QED) is 0.601. The Balaban J connectivity index is 0. The van der Waals surface area contributed by atoms with Crippen molar-refractivity contribution in [1.82, 2.24) is 4.98 Å². The van der Waals surface area contributed by atoms with Gasteiger partial charge >= 0.3 is 0 Å². The van der Waals surface area contributed by atoms with E-state index >= 15 is 0 Å². The fourth-order valence-corrected chi connectivity index (χ4v) is 1.28. The van der Waals surface area contributed by atoms with Crippen molar-refractivity contribution in [3.8, 4) is 0 Å². The zero-order valence-electron chi connectivity index (χ0n) is 10.3. The van der Waals surface area contributed by atoms with Crippen molar-refractivity contribution >= 4 is 25.3 Å². The molecule has 88 valence electrons. The highest BCUT2D eigenvalue weighted by molar-refractivity contribution is 7.80. The lowest BCUT2D eigenvalue weighted by atomic mass is 10.2. The summed E-state index contributed by atoms with van der Waals surface area (Å²) in [5.41, 5.74) is 1.68. The Labute approximate surface area is 103 Å². The van der Waals surface area contributed by atoms with E-state index in [4.69, 9.17) is 0 Å². The third kappa shape index (κ3) is 4.80. The standard InChI is InChI=1S/C7H9NOS2.2C2H6/c1-3-4(2)7(11)8-6(9)5(3)10;2*1-2/h10H,1-2H3,(H2,8,9,11);2*1-2H3. The van der Waals surface area contributed by atoms with E-state index in [1.807, 2.05) is 41.5 Å². The molecule has 0 aliphatic rings. The molecule has 15 heavy (non-hydrogen) atoms. The van der Waals surface area contributed by atoms with Crippen molar-refractivity contribution in [2.24, 2.45) is 0 Å². The maximum absolute atomic E-state index is 11.0. The number of rotatable bonds is 0. The van der Waals surface area contributed by atoms with Crippen LogP contribution in [-0.4, -0.2) is 4.98 Å². The van der Waals surface area contributed by atoms with Crippen LogP contribution < -0.4 is 5.56 Å². The molecule has 4 heteroatoms. The van der Waals surface area contributed by atoms with E-state index in [1.165, 1.54) is 0 Å². The van der Waals surface area contributed by atoms with Gasteiger partial charge in [0.25, 0.3) is 5.56 Å². The number of thiol groups is 2.